The van der Waals surface area contributed by atoms with Crippen molar-refractivity contribution in [1.29, 1.82) is 0 Å². The Labute approximate surface area is 105 Å². The molecule has 0 amide bonds. The van der Waals surface area contributed by atoms with E-state index in [4.69, 9.17) is 28.9 Å². The first-order valence-corrected chi connectivity index (χ1v) is 5.91. The third-order valence-electron chi connectivity index (χ3n) is 2.36. The van der Waals surface area contributed by atoms with E-state index in [1.807, 2.05) is 6.07 Å². The molecule has 5 heteroatoms. The summed E-state index contributed by atoms with van der Waals surface area (Å²) < 4.78 is 0. The third kappa shape index (κ3) is 3.29. The second-order valence-electron chi connectivity index (χ2n) is 3.86. The number of rotatable bonds is 3. The number of aliphatic imine (C=N–C) groups is 1. The molecule has 0 atom stereocenters. The normalized spacial score (nSPS) is 16.2. The van der Waals surface area contributed by atoms with Gasteiger partial charge in [0.25, 0.3) is 0 Å². The predicted octanol–water partition coefficient (Wildman–Crippen LogP) is 2.56. The molecule has 0 unspecified atom stereocenters. The summed E-state index contributed by atoms with van der Waals surface area (Å²) in [7, 11) is 0. The molecular formula is C11H13Cl2N3. The molecule has 0 saturated heterocycles. The standard InChI is InChI=1S/C11H13Cl2N3/c12-8-2-1-7(10(13)5-8)6-15-11(14)16-9-3-4-9/h1-2,5,9H,3-4,6H2,(H3,14,15,16). The Kier molecular flexibility index (Phi) is 3.56. The van der Waals surface area contributed by atoms with Crippen molar-refractivity contribution in [3.8, 4) is 0 Å². The zero-order valence-corrected chi connectivity index (χ0v) is 10.2. The van der Waals surface area contributed by atoms with Crippen LogP contribution in [-0.4, -0.2) is 12.0 Å². The van der Waals surface area contributed by atoms with Gasteiger partial charge in [0.1, 0.15) is 0 Å². The van der Waals surface area contributed by atoms with Gasteiger partial charge in [0, 0.05) is 16.1 Å². The summed E-state index contributed by atoms with van der Waals surface area (Å²) in [4.78, 5) is 4.22. The molecule has 1 aliphatic carbocycles. The average molecular weight is 258 g/mol. The van der Waals surface area contributed by atoms with Gasteiger partial charge in [-0.05, 0) is 30.5 Å². The number of nitrogens with zero attached hydrogens (tertiary/aromatic N) is 1. The van der Waals surface area contributed by atoms with E-state index in [0.717, 1.165) is 5.56 Å². The summed E-state index contributed by atoms with van der Waals surface area (Å²) in [6.45, 7) is 0.474. The SMILES string of the molecule is NC(=NCc1ccc(Cl)cc1Cl)NC1CC1. The second kappa shape index (κ2) is 4.93. The Morgan fingerprint density at radius 3 is 2.81 bits per heavy atom. The minimum atomic E-state index is 0.474. The number of nitrogens with one attached hydrogen (secondary N) is 1. The monoisotopic (exact) mass is 257 g/mol. The van der Waals surface area contributed by atoms with Crippen molar-refractivity contribution in [3.63, 3.8) is 0 Å². The van der Waals surface area contributed by atoms with Gasteiger partial charge in [-0.2, -0.15) is 0 Å². The summed E-state index contributed by atoms with van der Waals surface area (Å²) >= 11 is 11.8. The summed E-state index contributed by atoms with van der Waals surface area (Å²) in [5.41, 5.74) is 6.63. The molecule has 3 N–H and O–H groups in total. The maximum Gasteiger partial charge on any atom is 0.189 e. The minimum absolute atomic E-state index is 0.474. The van der Waals surface area contributed by atoms with Crippen molar-refractivity contribution in [3.05, 3.63) is 33.8 Å². The van der Waals surface area contributed by atoms with Crippen LogP contribution in [0.1, 0.15) is 18.4 Å². The van der Waals surface area contributed by atoms with E-state index >= 15 is 0 Å². The maximum atomic E-state index is 6.02. The van der Waals surface area contributed by atoms with Crippen LogP contribution in [0.25, 0.3) is 0 Å². The van der Waals surface area contributed by atoms with E-state index in [-0.39, 0.29) is 0 Å². The molecule has 0 aliphatic heterocycles. The van der Waals surface area contributed by atoms with Gasteiger partial charge in [-0.15, -0.1) is 0 Å². The van der Waals surface area contributed by atoms with Crippen molar-refractivity contribution >= 4 is 29.2 Å². The summed E-state index contributed by atoms with van der Waals surface area (Å²) in [5, 5.41) is 4.36. The van der Waals surface area contributed by atoms with Crippen LogP contribution in [0.15, 0.2) is 23.2 Å². The molecule has 0 heterocycles. The molecule has 1 aromatic rings. The molecule has 16 heavy (non-hydrogen) atoms. The van der Waals surface area contributed by atoms with Gasteiger partial charge in [-0.3, -0.25) is 0 Å². The van der Waals surface area contributed by atoms with Gasteiger partial charge in [-0.1, -0.05) is 29.3 Å². The summed E-state index contributed by atoms with van der Waals surface area (Å²) in [5.74, 6) is 0.480. The Balaban J connectivity index is 1.97. The molecular weight excluding hydrogens is 245 g/mol. The Bertz CT molecular complexity index is 414. The number of benzene rings is 1. The van der Waals surface area contributed by atoms with Crippen molar-refractivity contribution in [1.82, 2.24) is 5.32 Å². The lowest BCUT2D eigenvalue weighted by Crippen LogP contribution is -2.33. The molecule has 0 bridgehead atoms. The first-order valence-electron chi connectivity index (χ1n) is 5.15. The van der Waals surface area contributed by atoms with Crippen LogP contribution in [0.4, 0.5) is 0 Å². The van der Waals surface area contributed by atoms with Crippen LogP contribution in [0.5, 0.6) is 0 Å². The van der Waals surface area contributed by atoms with Crippen LogP contribution < -0.4 is 11.1 Å². The van der Waals surface area contributed by atoms with Gasteiger partial charge < -0.3 is 11.1 Å². The molecule has 2 rings (SSSR count). The highest BCUT2D eigenvalue weighted by atomic mass is 35.5. The van der Waals surface area contributed by atoms with Gasteiger partial charge in [0.05, 0.1) is 6.54 Å². The Hall–Kier alpha value is -0.930. The molecule has 86 valence electrons. The second-order valence-corrected chi connectivity index (χ2v) is 4.70. The van der Waals surface area contributed by atoms with Crippen LogP contribution in [0.2, 0.25) is 10.0 Å². The lowest BCUT2D eigenvalue weighted by molar-refractivity contribution is 0.879. The molecule has 0 spiro atoms. The molecule has 1 aliphatic rings. The quantitative estimate of drug-likeness (QED) is 0.646. The molecule has 1 saturated carbocycles. The van der Waals surface area contributed by atoms with Crippen molar-refractivity contribution in [2.75, 3.05) is 0 Å². The van der Waals surface area contributed by atoms with Crippen LogP contribution in [0.3, 0.4) is 0 Å². The maximum absolute atomic E-state index is 6.02. The minimum Gasteiger partial charge on any atom is -0.370 e. The first kappa shape index (κ1) is 11.6. The van der Waals surface area contributed by atoms with Gasteiger partial charge >= 0.3 is 0 Å². The summed E-state index contributed by atoms with van der Waals surface area (Å²) in [6, 6.07) is 5.88. The fourth-order valence-electron chi connectivity index (χ4n) is 1.30. The Morgan fingerprint density at radius 2 is 2.19 bits per heavy atom. The predicted molar refractivity (Wildman–Crippen MR) is 67.9 cm³/mol. The highest BCUT2D eigenvalue weighted by molar-refractivity contribution is 6.35. The van der Waals surface area contributed by atoms with Crippen LogP contribution in [-0.2, 0) is 6.54 Å². The topological polar surface area (TPSA) is 50.4 Å². The lowest BCUT2D eigenvalue weighted by Gasteiger charge is -2.04. The average Bonchev–Trinajstić information content (AvgIpc) is 3.00. The van der Waals surface area contributed by atoms with Gasteiger partial charge in [0.2, 0.25) is 0 Å². The third-order valence-corrected chi connectivity index (χ3v) is 2.95. The van der Waals surface area contributed by atoms with E-state index in [0.29, 0.717) is 28.6 Å². The van der Waals surface area contributed by atoms with E-state index < -0.39 is 0 Å². The molecule has 1 fully saturated rings. The van der Waals surface area contributed by atoms with E-state index in [1.165, 1.54) is 12.8 Å². The number of halogens is 2. The number of hydrogen-bond donors (Lipinski definition) is 2. The van der Waals surface area contributed by atoms with E-state index in [9.17, 15) is 0 Å². The largest absolute Gasteiger partial charge is 0.370 e. The zero-order chi connectivity index (χ0) is 11.5. The van der Waals surface area contributed by atoms with E-state index in [2.05, 4.69) is 10.3 Å². The molecule has 1 aromatic carbocycles. The fraction of sp³-hybridized carbons (Fsp3) is 0.364. The van der Waals surface area contributed by atoms with Crippen molar-refractivity contribution in [2.24, 2.45) is 10.7 Å². The van der Waals surface area contributed by atoms with Crippen LogP contribution >= 0.6 is 23.2 Å². The number of guanidine groups is 1. The summed E-state index contributed by atoms with van der Waals surface area (Å²) in [6.07, 6.45) is 2.36. The van der Waals surface area contributed by atoms with Crippen molar-refractivity contribution < 1.29 is 0 Å². The molecule has 3 nitrogen and oxygen atoms in total. The van der Waals surface area contributed by atoms with Crippen molar-refractivity contribution in [2.45, 2.75) is 25.4 Å². The Morgan fingerprint density at radius 1 is 1.44 bits per heavy atom. The van der Waals surface area contributed by atoms with Crippen LogP contribution in [0, 0.1) is 0 Å². The van der Waals surface area contributed by atoms with E-state index in [1.54, 1.807) is 12.1 Å². The smallest absolute Gasteiger partial charge is 0.189 e. The van der Waals surface area contributed by atoms with Gasteiger partial charge in [0.15, 0.2) is 5.96 Å². The molecule has 0 aromatic heterocycles. The lowest BCUT2D eigenvalue weighted by atomic mass is 10.2. The highest BCUT2D eigenvalue weighted by Gasteiger charge is 2.21. The van der Waals surface area contributed by atoms with Gasteiger partial charge in [-0.25, -0.2) is 4.99 Å². The highest BCUT2D eigenvalue weighted by Crippen LogP contribution is 2.21. The number of hydrogen-bond acceptors (Lipinski definition) is 1. The number of nitrogens with two attached hydrogens (primary N) is 1. The zero-order valence-electron chi connectivity index (χ0n) is 8.71. The first-order chi connectivity index (χ1) is 7.65. The molecule has 0 radical (unpaired) electrons. The fourth-order valence-corrected chi connectivity index (χ4v) is 1.77.